The first kappa shape index (κ1) is 19.9. The highest BCUT2D eigenvalue weighted by atomic mass is 35.5. The number of nitrogens with zero attached hydrogens (tertiary/aromatic N) is 1. The number of halogens is 3. The average molecular weight is 434 g/mol. The number of carboxylic acids is 1. The van der Waals surface area contributed by atoms with E-state index in [9.17, 15) is 28.6 Å². The van der Waals surface area contributed by atoms with Crippen molar-refractivity contribution in [3.63, 3.8) is 0 Å². The quantitative estimate of drug-likeness (QED) is 0.641. The molecule has 0 bridgehead atoms. The molecule has 0 fully saturated rings. The molecule has 1 aromatic rings. The number of amides is 1. The number of rotatable bonds is 5. The molecule has 3 rings (SSSR count). The summed E-state index contributed by atoms with van der Waals surface area (Å²) in [6.07, 6.45) is 1.23. The maximum atomic E-state index is 13.0. The number of thioether (sulfide) groups is 1. The third-order valence-electron chi connectivity index (χ3n) is 4.33. The first-order valence-corrected chi connectivity index (χ1v) is 9.90. The largest absolute Gasteiger partial charge is 0.507 e. The molecule has 0 spiro atoms. The van der Waals surface area contributed by atoms with Crippen LogP contribution in [0.3, 0.4) is 0 Å². The summed E-state index contributed by atoms with van der Waals surface area (Å²) in [6, 6.07) is 0.856. The fraction of sp³-hybridized carbons (Fsp3) is 0.294. The molecule has 2 aliphatic rings. The molecule has 5 nitrogen and oxygen atoms in total. The minimum Gasteiger partial charge on any atom is -0.507 e. The van der Waals surface area contributed by atoms with Gasteiger partial charge in [0, 0.05) is 17.5 Å². The summed E-state index contributed by atoms with van der Waals surface area (Å²) < 4.78 is 25.4. The number of thiophene rings is 1. The third-order valence-corrected chi connectivity index (χ3v) is 6.51. The standard InChI is InChI=1S/C17H14ClF2NO4S2/c1-7-9(4-14(23)24)10-3-13(22)11(18)5-12(10)21(7)16(25)8-2-15(26-6-8)27-17(19)20/h2-3,6,12,17,22H,4-5H2,1H3,(H,23,24). The summed E-state index contributed by atoms with van der Waals surface area (Å²) in [5.74, 6) is -4.22. The Hall–Kier alpha value is -1.84. The van der Waals surface area contributed by atoms with Crippen LogP contribution >= 0.6 is 34.7 Å². The predicted octanol–water partition coefficient (Wildman–Crippen LogP) is 4.97. The van der Waals surface area contributed by atoms with Gasteiger partial charge >= 0.3 is 5.97 Å². The predicted molar refractivity (Wildman–Crippen MR) is 99.3 cm³/mol. The minimum absolute atomic E-state index is 0.147. The van der Waals surface area contributed by atoms with Gasteiger partial charge in [-0.2, -0.15) is 8.78 Å². The molecule has 2 heterocycles. The zero-order valence-corrected chi connectivity index (χ0v) is 16.3. The second-order valence-electron chi connectivity index (χ2n) is 5.95. The molecule has 0 aromatic carbocycles. The molecule has 144 valence electrons. The van der Waals surface area contributed by atoms with Gasteiger partial charge in [0.15, 0.2) is 0 Å². The van der Waals surface area contributed by atoms with E-state index in [4.69, 9.17) is 11.6 Å². The number of carboxylic acid groups (broad SMARTS) is 1. The normalized spacial score (nSPS) is 19.7. The van der Waals surface area contributed by atoms with Crippen LogP contribution in [0.1, 0.15) is 30.1 Å². The molecule has 1 aromatic heterocycles. The molecular weight excluding hydrogens is 420 g/mol. The fourth-order valence-electron chi connectivity index (χ4n) is 3.21. The van der Waals surface area contributed by atoms with Gasteiger partial charge in [0.1, 0.15) is 5.76 Å². The highest BCUT2D eigenvalue weighted by molar-refractivity contribution is 8.01. The Morgan fingerprint density at radius 1 is 1.48 bits per heavy atom. The number of aliphatic hydroxyl groups is 1. The van der Waals surface area contributed by atoms with E-state index in [1.165, 1.54) is 22.4 Å². The molecule has 0 radical (unpaired) electrons. The number of hydrogen-bond donors (Lipinski definition) is 2. The second-order valence-corrected chi connectivity index (χ2v) is 8.61. The van der Waals surface area contributed by atoms with Crippen LogP contribution in [0.2, 0.25) is 0 Å². The minimum atomic E-state index is -2.58. The lowest BCUT2D eigenvalue weighted by molar-refractivity contribution is -0.136. The van der Waals surface area contributed by atoms with Crippen LogP contribution < -0.4 is 0 Å². The van der Waals surface area contributed by atoms with E-state index in [2.05, 4.69) is 0 Å². The van der Waals surface area contributed by atoms with Crippen LogP contribution in [0.4, 0.5) is 8.78 Å². The number of aliphatic carboxylic acids is 1. The van der Waals surface area contributed by atoms with Gasteiger partial charge in [-0.05, 0) is 42.0 Å². The zero-order chi connectivity index (χ0) is 19.9. The van der Waals surface area contributed by atoms with E-state index in [1.54, 1.807) is 6.92 Å². The van der Waals surface area contributed by atoms with Crippen LogP contribution in [0.5, 0.6) is 0 Å². The first-order valence-electron chi connectivity index (χ1n) is 7.77. The highest BCUT2D eigenvalue weighted by Gasteiger charge is 2.41. The van der Waals surface area contributed by atoms with Crippen molar-refractivity contribution >= 4 is 46.6 Å². The van der Waals surface area contributed by atoms with Crippen molar-refractivity contribution in [3.05, 3.63) is 50.7 Å². The molecule has 1 aliphatic heterocycles. The molecule has 10 heteroatoms. The molecule has 0 saturated carbocycles. The van der Waals surface area contributed by atoms with E-state index in [0.29, 0.717) is 32.8 Å². The fourth-order valence-corrected chi connectivity index (χ4v) is 4.97. The second kappa shape index (κ2) is 7.65. The van der Waals surface area contributed by atoms with Crippen molar-refractivity contribution in [2.24, 2.45) is 0 Å². The molecule has 27 heavy (non-hydrogen) atoms. The molecule has 2 N–H and O–H groups in total. The van der Waals surface area contributed by atoms with Crippen molar-refractivity contribution in [2.75, 3.05) is 0 Å². The van der Waals surface area contributed by atoms with E-state index < -0.39 is 23.7 Å². The number of allylic oxidation sites excluding steroid dienone is 2. The lowest BCUT2D eigenvalue weighted by atomic mass is 9.92. The summed E-state index contributed by atoms with van der Waals surface area (Å²) in [5, 5.41) is 20.8. The van der Waals surface area contributed by atoms with Crippen molar-refractivity contribution in [1.82, 2.24) is 4.90 Å². The van der Waals surface area contributed by atoms with Crippen LogP contribution in [-0.2, 0) is 4.79 Å². The Morgan fingerprint density at radius 3 is 2.81 bits per heavy atom. The number of carbonyl (C=O) groups is 2. The Balaban J connectivity index is 1.98. The number of fused-ring (bicyclic) bond motifs is 1. The topological polar surface area (TPSA) is 77.8 Å². The summed E-state index contributed by atoms with van der Waals surface area (Å²) in [5.41, 5.74) is 1.66. The highest BCUT2D eigenvalue weighted by Crippen LogP contribution is 2.43. The van der Waals surface area contributed by atoms with E-state index in [0.717, 1.165) is 11.3 Å². The van der Waals surface area contributed by atoms with Gasteiger partial charge in [0.2, 0.25) is 0 Å². The van der Waals surface area contributed by atoms with Gasteiger partial charge in [0.05, 0.1) is 27.3 Å². The SMILES string of the molecule is CC1=C(CC(=O)O)C2=CC(O)=C(Cl)CC2N1C(=O)c1csc(SC(F)F)c1. The van der Waals surface area contributed by atoms with Crippen LogP contribution in [-0.4, -0.2) is 38.8 Å². The number of alkyl halides is 2. The van der Waals surface area contributed by atoms with E-state index >= 15 is 0 Å². The van der Waals surface area contributed by atoms with Crippen molar-refractivity contribution in [1.29, 1.82) is 0 Å². The van der Waals surface area contributed by atoms with Crippen molar-refractivity contribution in [2.45, 2.75) is 35.8 Å². The first-order chi connectivity index (χ1) is 12.7. The van der Waals surface area contributed by atoms with Gasteiger partial charge in [-0.25, -0.2) is 0 Å². The van der Waals surface area contributed by atoms with Gasteiger partial charge < -0.3 is 15.1 Å². The lowest BCUT2D eigenvalue weighted by Crippen LogP contribution is -2.37. The molecule has 1 aliphatic carbocycles. The Labute approximate surface area is 166 Å². The molecule has 1 atom stereocenters. The maximum Gasteiger partial charge on any atom is 0.307 e. The average Bonchev–Trinajstić information content (AvgIpc) is 3.11. The van der Waals surface area contributed by atoms with Gasteiger partial charge in [0.25, 0.3) is 11.7 Å². The van der Waals surface area contributed by atoms with Crippen LogP contribution in [0, 0.1) is 0 Å². The zero-order valence-electron chi connectivity index (χ0n) is 13.9. The smallest absolute Gasteiger partial charge is 0.307 e. The monoisotopic (exact) mass is 433 g/mol. The third kappa shape index (κ3) is 3.90. The maximum absolute atomic E-state index is 13.0. The summed E-state index contributed by atoms with van der Waals surface area (Å²) >= 11 is 7.45. The lowest BCUT2D eigenvalue weighted by Gasteiger charge is -2.29. The molecule has 0 saturated heterocycles. The van der Waals surface area contributed by atoms with Crippen LogP contribution in [0.25, 0.3) is 0 Å². The molecule has 1 unspecified atom stereocenters. The number of aliphatic hydroxyl groups excluding tert-OH is 1. The Kier molecular flexibility index (Phi) is 5.64. The molecular formula is C17H14ClF2NO4S2. The van der Waals surface area contributed by atoms with E-state index in [1.807, 2.05) is 0 Å². The summed E-state index contributed by atoms with van der Waals surface area (Å²) in [7, 11) is 0. The Morgan fingerprint density at radius 2 is 2.19 bits per heavy atom. The van der Waals surface area contributed by atoms with Crippen molar-refractivity contribution < 1.29 is 28.6 Å². The van der Waals surface area contributed by atoms with Gasteiger partial charge in [-0.15, -0.1) is 11.3 Å². The van der Waals surface area contributed by atoms with Gasteiger partial charge in [-0.1, -0.05) is 11.6 Å². The van der Waals surface area contributed by atoms with Crippen LogP contribution in [0.15, 0.2) is 49.4 Å². The number of carbonyl (C=O) groups excluding carboxylic acids is 1. The van der Waals surface area contributed by atoms with Gasteiger partial charge in [-0.3, -0.25) is 9.59 Å². The number of hydrogen-bond acceptors (Lipinski definition) is 5. The Bertz CT molecular complexity index is 906. The molecule has 1 amide bonds. The summed E-state index contributed by atoms with van der Waals surface area (Å²) in [6.45, 7) is 1.63. The summed E-state index contributed by atoms with van der Waals surface area (Å²) in [4.78, 5) is 25.7. The van der Waals surface area contributed by atoms with E-state index in [-0.39, 0.29) is 29.2 Å². The van der Waals surface area contributed by atoms with Crippen molar-refractivity contribution in [3.8, 4) is 0 Å².